The predicted molar refractivity (Wildman–Crippen MR) is 61.7 cm³/mol. The lowest BCUT2D eigenvalue weighted by atomic mass is 10.1. The molecule has 1 aromatic rings. The summed E-state index contributed by atoms with van der Waals surface area (Å²) in [6.45, 7) is 5.44. The first-order valence-corrected chi connectivity index (χ1v) is 5.56. The van der Waals surface area contributed by atoms with E-state index in [-0.39, 0.29) is 0 Å². The molecule has 0 aliphatic heterocycles. The summed E-state index contributed by atoms with van der Waals surface area (Å²) < 4.78 is 0. The van der Waals surface area contributed by atoms with Crippen molar-refractivity contribution in [3.8, 4) is 0 Å². The smallest absolute Gasteiger partial charge is 0.0345 e. The molecule has 0 saturated heterocycles. The highest BCUT2D eigenvalue weighted by Crippen LogP contribution is 2.32. The maximum atomic E-state index is 3.50. The summed E-state index contributed by atoms with van der Waals surface area (Å²) in [4.78, 5) is 0. The zero-order valence-electron chi connectivity index (χ0n) is 9.14. The molecule has 1 aliphatic rings. The van der Waals surface area contributed by atoms with Crippen molar-refractivity contribution in [2.45, 2.75) is 33.1 Å². The van der Waals surface area contributed by atoms with Gasteiger partial charge in [-0.25, -0.2) is 0 Å². The van der Waals surface area contributed by atoms with E-state index in [0.717, 1.165) is 12.5 Å². The molecular weight excluding hydrogens is 170 g/mol. The molecule has 1 fully saturated rings. The van der Waals surface area contributed by atoms with Crippen LogP contribution in [0.1, 0.15) is 30.4 Å². The van der Waals surface area contributed by atoms with Gasteiger partial charge in [-0.15, -0.1) is 0 Å². The lowest BCUT2D eigenvalue weighted by Gasteiger charge is -2.07. The van der Waals surface area contributed by atoms with Gasteiger partial charge in [-0.3, -0.25) is 0 Å². The van der Waals surface area contributed by atoms with Crippen molar-refractivity contribution in [2.75, 3.05) is 11.9 Å². The third-order valence-electron chi connectivity index (χ3n) is 2.80. The van der Waals surface area contributed by atoms with E-state index in [1.54, 1.807) is 0 Å². The molecule has 0 radical (unpaired) electrons. The molecule has 1 aliphatic carbocycles. The highest BCUT2D eigenvalue weighted by atomic mass is 14.9. The van der Waals surface area contributed by atoms with Crippen molar-refractivity contribution >= 4 is 5.69 Å². The van der Waals surface area contributed by atoms with Crippen LogP contribution >= 0.6 is 0 Å². The van der Waals surface area contributed by atoms with Crippen molar-refractivity contribution in [2.24, 2.45) is 5.92 Å². The third-order valence-corrected chi connectivity index (χ3v) is 2.80. The van der Waals surface area contributed by atoms with Gasteiger partial charge in [-0.2, -0.15) is 0 Å². The fraction of sp³-hybridized carbons (Fsp3) is 0.538. The minimum atomic E-state index is 1.02. The number of rotatable bonds is 4. The van der Waals surface area contributed by atoms with Gasteiger partial charge < -0.3 is 5.32 Å². The van der Waals surface area contributed by atoms with Gasteiger partial charge in [0.25, 0.3) is 0 Å². The first-order chi connectivity index (χ1) is 6.74. The van der Waals surface area contributed by atoms with E-state index in [1.165, 1.54) is 36.1 Å². The zero-order chi connectivity index (χ0) is 9.97. The summed E-state index contributed by atoms with van der Waals surface area (Å²) >= 11 is 0. The van der Waals surface area contributed by atoms with Gasteiger partial charge in [0.05, 0.1) is 0 Å². The average Bonchev–Trinajstić information content (AvgIpc) is 2.86. The Morgan fingerprint density at radius 1 is 1.14 bits per heavy atom. The van der Waals surface area contributed by atoms with Crippen LogP contribution in [0.25, 0.3) is 0 Å². The maximum absolute atomic E-state index is 3.50. The van der Waals surface area contributed by atoms with Crippen molar-refractivity contribution in [1.82, 2.24) is 0 Å². The van der Waals surface area contributed by atoms with Gasteiger partial charge in [0.1, 0.15) is 0 Å². The minimum absolute atomic E-state index is 1.02. The summed E-state index contributed by atoms with van der Waals surface area (Å²) in [6.07, 6.45) is 4.25. The Morgan fingerprint density at radius 2 is 1.79 bits per heavy atom. The normalized spacial score (nSPS) is 15.6. The number of benzene rings is 1. The lowest BCUT2D eigenvalue weighted by Crippen LogP contribution is -2.02. The number of hydrogen-bond donors (Lipinski definition) is 1. The van der Waals surface area contributed by atoms with Gasteiger partial charge >= 0.3 is 0 Å². The summed E-state index contributed by atoms with van der Waals surface area (Å²) in [5.74, 6) is 1.02. The third kappa shape index (κ3) is 2.76. The van der Waals surface area contributed by atoms with E-state index < -0.39 is 0 Å². The summed E-state index contributed by atoms with van der Waals surface area (Å²) in [7, 11) is 0. The first kappa shape index (κ1) is 9.57. The maximum Gasteiger partial charge on any atom is 0.0345 e. The second kappa shape index (κ2) is 4.04. The number of anilines is 1. The van der Waals surface area contributed by atoms with Crippen LogP contribution in [0, 0.1) is 19.8 Å². The Morgan fingerprint density at radius 3 is 2.36 bits per heavy atom. The van der Waals surface area contributed by atoms with E-state index in [4.69, 9.17) is 0 Å². The Hall–Kier alpha value is -0.980. The molecule has 76 valence electrons. The van der Waals surface area contributed by atoms with Gasteiger partial charge in [0, 0.05) is 12.2 Å². The molecule has 1 N–H and O–H groups in total. The number of aryl methyl sites for hydroxylation is 2. The average molecular weight is 189 g/mol. The first-order valence-electron chi connectivity index (χ1n) is 5.56. The van der Waals surface area contributed by atoms with Crippen molar-refractivity contribution in [1.29, 1.82) is 0 Å². The summed E-state index contributed by atoms with van der Waals surface area (Å²) in [5, 5.41) is 3.50. The molecule has 1 saturated carbocycles. The van der Waals surface area contributed by atoms with Gasteiger partial charge in [-0.1, -0.05) is 18.9 Å². The van der Waals surface area contributed by atoms with Crippen LogP contribution in [-0.4, -0.2) is 6.54 Å². The molecule has 0 bridgehead atoms. The van der Waals surface area contributed by atoms with E-state index in [2.05, 4.69) is 37.4 Å². The van der Waals surface area contributed by atoms with Crippen molar-refractivity contribution in [3.05, 3.63) is 29.3 Å². The van der Waals surface area contributed by atoms with Crippen LogP contribution in [0.15, 0.2) is 18.2 Å². The molecule has 0 amide bonds. The lowest BCUT2D eigenvalue weighted by molar-refractivity contribution is 0.760. The minimum Gasteiger partial charge on any atom is -0.385 e. The van der Waals surface area contributed by atoms with Crippen LogP contribution in [0.3, 0.4) is 0 Å². The van der Waals surface area contributed by atoms with Crippen molar-refractivity contribution < 1.29 is 0 Å². The molecule has 2 rings (SSSR count). The van der Waals surface area contributed by atoms with E-state index in [0.29, 0.717) is 0 Å². The largest absolute Gasteiger partial charge is 0.385 e. The Balaban J connectivity index is 1.87. The quantitative estimate of drug-likeness (QED) is 0.764. The van der Waals surface area contributed by atoms with Crippen LogP contribution in [0.2, 0.25) is 0 Å². The number of nitrogens with one attached hydrogen (secondary N) is 1. The van der Waals surface area contributed by atoms with Crippen LogP contribution in [0.5, 0.6) is 0 Å². The summed E-state index contributed by atoms with van der Waals surface area (Å²) in [5.41, 5.74) is 3.97. The standard InChI is InChI=1S/C13H19N/c1-10-7-11(2)9-13(8-10)14-6-5-12-3-4-12/h7-9,12,14H,3-6H2,1-2H3. The molecule has 1 aromatic carbocycles. The van der Waals surface area contributed by atoms with Gasteiger partial charge in [0.2, 0.25) is 0 Å². The van der Waals surface area contributed by atoms with Crippen molar-refractivity contribution in [3.63, 3.8) is 0 Å². The monoisotopic (exact) mass is 189 g/mol. The van der Waals surface area contributed by atoms with Crippen LogP contribution in [-0.2, 0) is 0 Å². The van der Waals surface area contributed by atoms with E-state index >= 15 is 0 Å². The second-order valence-corrected chi connectivity index (χ2v) is 4.54. The highest BCUT2D eigenvalue weighted by molar-refractivity contribution is 5.48. The molecular formula is C13H19N. The zero-order valence-corrected chi connectivity index (χ0v) is 9.14. The molecule has 0 atom stereocenters. The summed E-state index contributed by atoms with van der Waals surface area (Å²) in [6, 6.07) is 6.66. The van der Waals surface area contributed by atoms with Crippen LogP contribution in [0.4, 0.5) is 5.69 Å². The fourth-order valence-corrected chi connectivity index (χ4v) is 1.90. The molecule has 1 heteroatoms. The molecule has 14 heavy (non-hydrogen) atoms. The Kier molecular flexibility index (Phi) is 2.76. The fourth-order valence-electron chi connectivity index (χ4n) is 1.90. The molecule has 0 spiro atoms. The predicted octanol–water partition coefficient (Wildman–Crippen LogP) is 3.52. The SMILES string of the molecule is Cc1cc(C)cc(NCCC2CC2)c1. The topological polar surface area (TPSA) is 12.0 Å². The van der Waals surface area contributed by atoms with E-state index in [1.807, 2.05) is 0 Å². The Labute approximate surface area is 86.5 Å². The second-order valence-electron chi connectivity index (χ2n) is 4.54. The molecule has 0 heterocycles. The van der Waals surface area contributed by atoms with Gasteiger partial charge in [-0.05, 0) is 49.4 Å². The van der Waals surface area contributed by atoms with E-state index in [9.17, 15) is 0 Å². The van der Waals surface area contributed by atoms with Gasteiger partial charge in [0.15, 0.2) is 0 Å². The number of hydrogen-bond acceptors (Lipinski definition) is 1. The molecule has 1 nitrogen and oxygen atoms in total. The molecule has 0 unspecified atom stereocenters. The Bertz CT molecular complexity index is 293. The highest BCUT2D eigenvalue weighted by Gasteiger charge is 2.19. The molecule has 0 aromatic heterocycles. The van der Waals surface area contributed by atoms with Crippen LogP contribution < -0.4 is 5.32 Å².